The Bertz CT molecular complexity index is 1830. The molecule has 14 nitrogen and oxygen atoms in total. The molecule has 4 aromatic rings. The fraction of sp³-hybridized carbons (Fsp3) is 0.615. The average molecular weight is 922 g/mol. The van der Waals surface area contributed by atoms with Gasteiger partial charge in [-0.3, -0.25) is 4.98 Å². The van der Waals surface area contributed by atoms with E-state index in [1.54, 1.807) is 26.6 Å². The second kappa shape index (κ2) is 19.3. The van der Waals surface area contributed by atoms with Gasteiger partial charge in [-0.05, 0) is 68.2 Å². The maximum Gasteiger partial charge on any atom is 0.338 e. The van der Waals surface area contributed by atoms with Crippen molar-refractivity contribution in [2.75, 3.05) is 59.0 Å². The Morgan fingerprint density at radius 1 is 0.946 bits per heavy atom. The van der Waals surface area contributed by atoms with Gasteiger partial charge in [-0.15, -0.1) is 0 Å². The number of anilines is 1. The number of carbonyl (C=O) groups excluding carboxylic acids is 1. The third-order valence-electron chi connectivity index (χ3n) is 10.8. The van der Waals surface area contributed by atoms with Crippen molar-refractivity contribution in [1.29, 1.82) is 0 Å². The maximum absolute atomic E-state index is 13.6. The number of aromatic nitrogens is 6. The molecule has 2 atom stereocenters. The zero-order chi connectivity index (χ0) is 40.7. The van der Waals surface area contributed by atoms with E-state index in [2.05, 4.69) is 90.6 Å². The van der Waals surface area contributed by atoms with Crippen LogP contribution in [0.5, 0.6) is 0 Å². The van der Waals surface area contributed by atoms with Crippen LogP contribution in [0.2, 0.25) is 39.3 Å². The van der Waals surface area contributed by atoms with Gasteiger partial charge >= 0.3 is 5.97 Å². The number of rotatable bonds is 20. The molecule has 308 valence electrons. The lowest BCUT2D eigenvalue weighted by Crippen LogP contribution is -2.47. The topological polar surface area (TPSA) is 147 Å². The molecular weight excluding hydrogens is 862 g/mol. The fourth-order valence-electron chi connectivity index (χ4n) is 6.32. The van der Waals surface area contributed by atoms with Crippen LogP contribution >= 0.6 is 22.6 Å². The normalized spacial score (nSPS) is 18.9. The molecule has 0 bridgehead atoms. The number of ether oxygens (including phenoxy) is 6. The van der Waals surface area contributed by atoms with Crippen LogP contribution in [-0.4, -0.2) is 123 Å². The quantitative estimate of drug-likeness (QED) is 0.0312. The van der Waals surface area contributed by atoms with Crippen LogP contribution in [0.1, 0.15) is 51.1 Å². The van der Waals surface area contributed by atoms with Crippen LogP contribution in [0.4, 0.5) is 5.82 Å². The number of fused-ring (bicyclic) bond motifs is 1. The number of hydrogen-bond acceptors (Lipinski definition) is 12. The van der Waals surface area contributed by atoms with Gasteiger partial charge in [0.1, 0.15) is 25.8 Å². The highest BCUT2D eigenvalue weighted by atomic mass is 127. The summed E-state index contributed by atoms with van der Waals surface area (Å²) in [5.41, 5.74) is 3.26. The van der Waals surface area contributed by atoms with Crippen molar-refractivity contribution < 1.29 is 33.2 Å². The lowest BCUT2D eigenvalue weighted by molar-refractivity contribution is -0.181. The molecule has 0 aliphatic heterocycles. The number of carbonyl (C=O) groups is 1. The number of nitrogens with zero attached hydrogens (tertiary/aromatic N) is 6. The summed E-state index contributed by atoms with van der Waals surface area (Å²) in [6.07, 6.45) is 9.48. The molecule has 1 fully saturated rings. The van der Waals surface area contributed by atoms with Gasteiger partial charge in [0.2, 0.25) is 0 Å². The second-order valence-corrected chi connectivity index (χ2v) is 28.9. The summed E-state index contributed by atoms with van der Waals surface area (Å²) in [6, 6.07) is 3.98. The van der Waals surface area contributed by atoms with Crippen molar-refractivity contribution >= 4 is 56.2 Å². The highest BCUT2D eigenvalue weighted by molar-refractivity contribution is 14.1. The van der Waals surface area contributed by atoms with E-state index in [-0.39, 0.29) is 29.9 Å². The van der Waals surface area contributed by atoms with Gasteiger partial charge in [-0.25, -0.2) is 14.8 Å². The van der Waals surface area contributed by atoms with Crippen LogP contribution in [0.3, 0.4) is 0 Å². The van der Waals surface area contributed by atoms with Crippen LogP contribution in [0.15, 0.2) is 36.9 Å². The van der Waals surface area contributed by atoms with Gasteiger partial charge in [-0.2, -0.15) is 9.61 Å². The number of halogens is 1. The van der Waals surface area contributed by atoms with E-state index in [4.69, 9.17) is 43.5 Å². The maximum atomic E-state index is 13.6. The smallest absolute Gasteiger partial charge is 0.338 e. The predicted molar refractivity (Wildman–Crippen MR) is 231 cm³/mol. The summed E-state index contributed by atoms with van der Waals surface area (Å²) in [4.78, 5) is 33.4. The monoisotopic (exact) mass is 921 g/mol. The summed E-state index contributed by atoms with van der Waals surface area (Å²) >= 11 is 2.42. The number of esters is 1. The molecule has 4 aromatic heterocycles. The van der Waals surface area contributed by atoms with E-state index in [0.29, 0.717) is 70.4 Å². The molecule has 2 unspecified atom stereocenters. The van der Waals surface area contributed by atoms with E-state index in [1.165, 1.54) is 0 Å². The number of hydrogen-bond donors (Lipinski definition) is 1. The first kappa shape index (κ1) is 44.3. The van der Waals surface area contributed by atoms with E-state index in [9.17, 15) is 4.79 Å². The third-order valence-corrected chi connectivity index (χ3v) is 17.1. The zero-order valence-corrected chi connectivity index (χ0v) is 38.8. The van der Waals surface area contributed by atoms with Crippen LogP contribution in [0.25, 0.3) is 28.3 Å². The Morgan fingerprint density at radius 3 is 2.14 bits per heavy atom. The number of imidazole rings is 1. The summed E-state index contributed by atoms with van der Waals surface area (Å²) < 4.78 is 38.5. The Kier molecular flexibility index (Phi) is 15.3. The number of nitrogens with one attached hydrogen (secondary N) is 1. The molecule has 0 amide bonds. The summed E-state index contributed by atoms with van der Waals surface area (Å²) in [5.74, 6) is 1.23. The lowest BCUT2D eigenvalue weighted by atomic mass is 9.77. The zero-order valence-electron chi connectivity index (χ0n) is 34.7. The number of pyridine rings is 1. The largest absolute Gasteiger partial charge is 0.461 e. The first-order valence-corrected chi connectivity index (χ1v) is 27.6. The minimum Gasteiger partial charge on any atom is -0.461 e. The van der Waals surface area contributed by atoms with Crippen molar-refractivity contribution in [2.45, 2.75) is 102 Å². The van der Waals surface area contributed by atoms with Crippen LogP contribution in [0, 0.1) is 3.57 Å². The van der Waals surface area contributed by atoms with Gasteiger partial charge in [0.15, 0.2) is 22.9 Å². The number of aromatic amines is 1. The highest BCUT2D eigenvalue weighted by Crippen LogP contribution is 2.44. The molecule has 0 saturated heterocycles. The van der Waals surface area contributed by atoms with Crippen LogP contribution < -0.4 is 4.90 Å². The molecule has 1 aliphatic rings. The molecule has 0 aromatic carbocycles. The van der Waals surface area contributed by atoms with E-state index >= 15 is 0 Å². The Balaban J connectivity index is 1.59. The van der Waals surface area contributed by atoms with E-state index in [0.717, 1.165) is 31.9 Å². The molecule has 5 rings (SSSR count). The summed E-state index contributed by atoms with van der Waals surface area (Å²) in [6.45, 7) is 20.0. The molecule has 1 N–H and O–H groups in total. The van der Waals surface area contributed by atoms with Crippen molar-refractivity contribution in [3.05, 3.63) is 46.2 Å². The predicted octanol–water partition coefficient (Wildman–Crippen LogP) is 7.32. The molecule has 4 heterocycles. The Labute approximate surface area is 346 Å². The summed E-state index contributed by atoms with van der Waals surface area (Å²) in [7, 11) is -0.0275. The summed E-state index contributed by atoms with van der Waals surface area (Å²) in [5, 5.41) is 4.98. The SMILES string of the molecule is COCCOC(=O)C1(OCCOC)CCC(c2nc3c(-c4ccc(-c5ncc[nH]5)nc4)cnn3c(N(COC(C)[Si](C)(C)C)COC(C)[Si](C)(C)C)c2I)CC1. The minimum absolute atomic E-state index is 0.0317. The first-order chi connectivity index (χ1) is 26.6. The number of methoxy groups -OCH3 is 2. The standard InChI is InChI=1S/C39H60IN7O7Si2/c1-27(55(5,6)7)52-25-46(26-53-28(2)56(8,9)10)37-33(40)34(29-13-15-39(16-14-29,54-22-20-50-4)38(48)51-21-19-49-3)45-36-31(24-44-47(36)37)30-11-12-32(43-23-30)35-41-17-18-42-35/h11-12,17-18,23-24,27-29H,13-16,19-22,25-26H2,1-10H3,(H,41,42). The Hall–Kier alpha value is -2.79. The highest BCUT2D eigenvalue weighted by Gasteiger charge is 2.45. The molecule has 17 heteroatoms. The number of H-pyrrole nitrogens is 1. The van der Waals surface area contributed by atoms with Crippen molar-refractivity contribution in [1.82, 2.24) is 29.5 Å². The minimum atomic E-state index is -1.62. The van der Waals surface area contributed by atoms with Gasteiger partial charge in [-0.1, -0.05) is 45.3 Å². The van der Waals surface area contributed by atoms with Crippen molar-refractivity contribution in [3.8, 4) is 22.6 Å². The van der Waals surface area contributed by atoms with Gasteiger partial charge < -0.3 is 38.3 Å². The Morgan fingerprint density at radius 2 is 1.59 bits per heavy atom. The first-order valence-electron chi connectivity index (χ1n) is 19.4. The lowest BCUT2D eigenvalue weighted by Gasteiger charge is -2.38. The van der Waals surface area contributed by atoms with Crippen molar-refractivity contribution in [3.63, 3.8) is 0 Å². The van der Waals surface area contributed by atoms with Gasteiger partial charge in [0.05, 0.1) is 51.4 Å². The third kappa shape index (κ3) is 10.6. The fourth-order valence-corrected chi connectivity index (χ4v) is 8.60. The molecule has 0 radical (unpaired) electrons. The van der Waals surface area contributed by atoms with E-state index in [1.807, 2.05) is 29.0 Å². The average Bonchev–Trinajstić information content (AvgIpc) is 3.86. The van der Waals surface area contributed by atoms with Gasteiger partial charge in [0, 0.05) is 61.3 Å². The molecule has 1 saturated carbocycles. The van der Waals surface area contributed by atoms with Gasteiger partial charge in [0.25, 0.3) is 0 Å². The molecular formula is C39H60IN7O7Si2. The van der Waals surface area contributed by atoms with Crippen molar-refractivity contribution in [2.24, 2.45) is 0 Å². The van der Waals surface area contributed by atoms with Crippen LogP contribution in [-0.2, 0) is 33.2 Å². The van der Waals surface area contributed by atoms with E-state index < -0.39 is 21.7 Å². The second-order valence-electron chi connectivity index (χ2n) is 16.7. The molecule has 1 aliphatic carbocycles. The molecule has 0 spiro atoms. The molecule has 56 heavy (non-hydrogen) atoms.